The van der Waals surface area contributed by atoms with Gasteiger partial charge in [-0.3, -0.25) is 9.59 Å². The SMILES string of the molecule is Cc1ccc(F)c(NC(=O)c2ccccc2NC(=O)c2ccsc2)c1. The predicted molar refractivity (Wildman–Crippen MR) is 97.8 cm³/mol. The fourth-order valence-corrected chi connectivity index (χ4v) is 2.94. The zero-order valence-electron chi connectivity index (χ0n) is 13.4. The molecule has 6 heteroatoms. The van der Waals surface area contributed by atoms with Crippen LogP contribution in [0.3, 0.4) is 0 Å². The van der Waals surface area contributed by atoms with Crippen molar-refractivity contribution < 1.29 is 14.0 Å². The molecule has 1 aromatic heterocycles. The molecule has 0 fully saturated rings. The van der Waals surface area contributed by atoms with Crippen molar-refractivity contribution in [1.82, 2.24) is 0 Å². The second kappa shape index (κ2) is 7.27. The molecule has 0 aliphatic carbocycles. The van der Waals surface area contributed by atoms with E-state index in [2.05, 4.69) is 10.6 Å². The second-order valence-electron chi connectivity index (χ2n) is 5.45. The maximum Gasteiger partial charge on any atom is 0.257 e. The molecule has 0 saturated heterocycles. The van der Waals surface area contributed by atoms with Gasteiger partial charge in [-0.05, 0) is 48.2 Å². The van der Waals surface area contributed by atoms with Crippen LogP contribution in [0.5, 0.6) is 0 Å². The van der Waals surface area contributed by atoms with Gasteiger partial charge in [0.1, 0.15) is 5.82 Å². The van der Waals surface area contributed by atoms with Crippen molar-refractivity contribution in [2.45, 2.75) is 6.92 Å². The molecule has 0 radical (unpaired) electrons. The number of nitrogens with one attached hydrogen (secondary N) is 2. The van der Waals surface area contributed by atoms with E-state index in [0.717, 1.165) is 5.56 Å². The van der Waals surface area contributed by atoms with E-state index in [4.69, 9.17) is 0 Å². The van der Waals surface area contributed by atoms with E-state index in [-0.39, 0.29) is 17.2 Å². The highest BCUT2D eigenvalue weighted by atomic mass is 32.1. The molecule has 2 N–H and O–H groups in total. The summed E-state index contributed by atoms with van der Waals surface area (Å²) in [5.74, 6) is -1.31. The van der Waals surface area contributed by atoms with Crippen LogP contribution < -0.4 is 10.6 Å². The van der Waals surface area contributed by atoms with Gasteiger partial charge in [-0.15, -0.1) is 0 Å². The average molecular weight is 354 g/mol. The molecule has 0 unspecified atom stereocenters. The van der Waals surface area contributed by atoms with Crippen molar-refractivity contribution in [3.8, 4) is 0 Å². The smallest absolute Gasteiger partial charge is 0.257 e. The van der Waals surface area contributed by atoms with E-state index in [1.165, 1.54) is 17.4 Å². The molecule has 3 aromatic rings. The molecule has 2 aromatic carbocycles. The standard InChI is InChI=1S/C19H15FN2O2S/c1-12-6-7-15(20)17(10-12)22-19(24)14-4-2-3-5-16(14)21-18(23)13-8-9-25-11-13/h2-11H,1H3,(H,21,23)(H,22,24). The van der Waals surface area contributed by atoms with Crippen molar-refractivity contribution in [3.05, 3.63) is 81.8 Å². The van der Waals surface area contributed by atoms with Crippen LogP contribution in [0.25, 0.3) is 0 Å². The van der Waals surface area contributed by atoms with Gasteiger partial charge in [-0.1, -0.05) is 18.2 Å². The van der Waals surface area contributed by atoms with Crippen molar-refractivity contribution in [1.29, 1.82) is 0 Å². The van der Waals surface area contributed by atoms with E-state index in [0.29, 0.717) is 11.3 Å². The minimum absolute atomic E-state index is 0.101. The lowest BCUT2D eigenvalue weighted by Gasteiger charge is -2.12. The number of thiophene rings is 1. The Morgan fingerprint density at radius 3 is 2.48 bits per heavy atom. The first-order chi connectivity index (χ1) is 12.0. The zero-order chi connectivity index (χ0) is 17.8. The summed E-state index contributed by atoms with van der Waals surface area (Å²) in [4.78, 5) is 24.8. The molecule has 1 heterocycles. The Balaban J connectivity index is 1.83. The summed E-state index contributed by atoms with van der Waals surface area (Å²) in [5, 5.41) is 8.79. The average Bonchev–Trinajstić information content (AvgIpc) is 3.13. The molecule has 2 amide bonds. The number of aryl methyl sites for hydroxylation is 1. The van der Waals surface area contributed by atoms with Crippen LogP contribution in [0.15, 0.2) is 59.3 Å². The van der Waals surface area contributed by atoms with Gasteiger partial charge >= 0.3 is 0 Å². The second-order valence-corrected chi connectivity index (χ2v) is 6.23. The lowest BCUT2D eigenvalue weighted by Crippen LogP contribution is -2.18. The number of carbonyl (C=O) groups excluding carboxylic acids is 2. The summed E-state index contributed by atoms with van der Waals surface area (Å²) >= 11 is 1.41. The van der Waals surface area contributed by atoms with Crippen molar-refractivity contribution >= 4 is 34.5 Å². The minimum atomic E-state index is -0.515. The minimum Gasteiger partial charge on any atom is -0.321 e. The van der Waals surface area contributed by atoms with Crippen LogP contribution in [0, 0.1) is 12.7 Å². The highest BCUT2D eigenvalue weighted by Gasteiger charge is 2.15. The first-order valence-corrected chi connectivity index (χ1v) is 8.49. The predicted octanol–water partition coefficient (Wildman–Crippen LogP) is 4.70. The van der Waals surface area contributed by atoms with E-state index < -0.39 is 11.7 Å². The molecule has 3 rings (SSSR count). The number of halogens is 1. The number of para-hydroxylation sites is 1. The third-order valence-corrected chi connectivity index (χ3v) is 4.26. The number of hydrogen-bond donors (Lipinski definition) is 2. The molecule has 25 heavy (non-hydrogen) atoms. The normalized spacial score (nSPS) is 10.3. The molecule has 0 spiro atoms. The summed E-state index contributed by atoms with van der Waals surface area (Å²) in [6.45, 7) is 1.81. The number of hydrogen-bond acceptors (Lipinski definition) is 3. The number of benzene rings is 2. The van der Waals surface area contributed by atoms with Crippen LogP contribution in [0.4, 0.5) is 15.8 Å². The molecule has 0 bridgehead atoms. The largest absolute Gasteiger partial charge is 0.321 e. The molecule has 0 atom stereocenters. The first kappa shape index (κ1) is 16.9. The number of carbonyl (C=O) groups is 2. The maximum atomic E-state index is 13.9. The van der Waals surface area contributed by atoms with Gasteiger partial charge in [0.15, 0.2) is 0 Å². The van der Waals surface area contributed by atoms with Gasteiger partial charge in [0.25, 0.3) is 11.8 Å². The molecule has 126 valence electrons. The number of anilines is 2. The zero-order valence-corrected chi connectivity index (χ0v) is 14.2. The van der Waals surface area contributed by atoms with Gasteiger partial charge < -0.3 is 10.6 Å². The van der Waals surface area contributed by atoms with E-state index in [9.17, 15) is 14.0 Å². The van der Waals surface area contributed by atoms with Gasteiger partial charge in [0.2, 0.25) is 0 Å². The van der Waals surface area contributed by atoms with Crippen LogP contribution in [0.2, 0.25) is 0 Å². The Hall–Kier alpha value is -2.99. The van der Waals surface area contributed by atoms with Crippen LogP contribution in [-0.2, 0) is 0 Å². The number of rotatable bonds is 4. The van der Waals surface area contributed by atoms with Crippen LogP contribution >= 0.6 is 11.3 Å². The lowest BCUT2D eigenvalue weighted by molar-refractivity contribution is 0.102. The van der Waals surface area contributed by atoms with Crippen molar-refractivity contribution in [3.63, 3.8) is 0 Å². The summed E-state index contributed by atoms with van der Waals surface area (Å²) in [5.41, 5.74) is 2.07. The summed E-state index contributed by atoms with van der Waals surface area (Å²) < 4.78 is 13.9. The van der Waals surface area contributed by atoms with Crippen LogP contribution in [-0.4, -0.2) is 11.8 Å². The summed E-state index contributed by atoms with van der Waals surface area (Å²) in [6, 6.07) is 12.8. The Kier molecular flexibility index (Phi) is 4.90. The monoisotopic (exact) mass is 354 g/mol. The third kappa shape index (κ3) is 3.92. The number of amides is 2. The Morgan fingerprint density at radius 1 is 0.960 bits per heavy atom. The van der Waals surface area contributed by atoms with Crippen LogP contribution in [0.1, 0.15) is 26.3 Å². The fraction of sp³-hybridized carbons (Fsp3) is 0.0526. The highest BCUT2D eigenvalue weighted by Crippen LogP contribution is 2.21. The fourth-order valence-electron chi connectivity index (χ4n) is 2.30. The molecule has 0 aliphatic rings. The van der Waals surface area contributed by atoms with Gasteiger partial charge in [0, 0.05) is 5.38 Å². The van der Waals surface area contributed by atoms with Gasteiger partial charge in [-0.25, -0.2) is 4.39 Å². The quantitative estimate of drug-likeness (QED) is 0.713. The van der Waals surface area contributed by atoms with E-state index in [1.807, 2.05) is 6.92 Å². The topological polar surface area (TPSA) is 58.2 Å². The van der Waals surface area contributed by atoms with Crippen molar-refractivity contribution in [2.24, 2.45) is 0 Å². The van der Waals surface area contributed by atoms with Gasteiger partial charge in [-0.2, -0.15) is 11.3 Å². The molecular weight excluding hydrogens is 339 g/mol. The lowest BCUT2D eigenvalue weighted by atomic mass is 10.1. The molecule has 4 nitrogen and oxygen atoms in total. The molecule has 0 saturated carbocycles. The molecular formula is C19H15FN2O2S. The Bertz CT molecular complexity index is 923. The van der Waals surface area contributed by atoms with Crippen molar-refractivity contribution in [2.75, 3.05) is 10.6 Å². The Morgan fingerprint density at radius 2 is 1.72 bits per heavy atom. The summed E-state index contributed by atoms with van der Waals surface area (Å²) in [7, 11) is 0. The third-order valence-electron chi connectivity index (χ3n) is 3.57. The Labute approximate surface area is 148 Å². The van der Waals surface area contributed by atoms with E-state index >= 15 is 0 Å². The summed E-state index contributed by atoms with van der Waals surface area (Å²) in [6.07, 6.45) is 0. The highest BCUT2D eigenvalue weighted by molar-refractivity contribution is 7.08. The van der Waals surface area contributed by atoms with Gasteiger partial charge in [0.05, 0.1) is 22.5 Å². The first-order valence-electron chi connectivity index (χ1n) is 7.54. The maximum absolute atomic E-state index is 13.9. The van der Waals surface area contributed by atoms with E-state index in [1.54, 1.807) is 53.2 Å². The molecule has 0 aliphatic heterocycles.